The molecule has 5 atom stereocenters. The second-order valence-corrected chi connectivity index (χ2v) is 14.3. The molecule has 2 heterocycles. The van der Waals surface area contributed by atoms with Crippen molar-refractivity contribution in [3.05, 3.63) is 92.9 Å². The van der Waals surface area contributed by atoms with Gasteiger partial charge < -0.3 is 4.74 Å². The average Bonchev–Trinajstić information content (AvgIpc) is 3.77. The topological polar surface area (TPSA) is 93.6 Å². The quantitative estimate of drug-likeness (QED) is 0.0742. The number of halogens is 3. The summed E-state index contributed by atoms with van der Waals surface area (Å²) in [7, 11) is 0. The Hall–Kier alpha value is -3.59. The van der Waals surface area contributed by atoms with Crippen LogP contribution >= 0.6 is 39.1 Å². The van der Waals surface area contributed by atoms with E-state index in [1.54, 1.807) is 42.5 Å². The first-order valence-corrected chi connectivity index (χ1v) is 17.6. The summed E-state index contributed by atoms with van der Waals surface area (Å²) in [4.78, 5) is 60.4. The Morgan fingerprint density at radius 3 is 2.26 bits per heavy atom. The molecule has 4 aromatic rings. The number of hydrogen-bond acceptors (Lipinski definition) is 6. The zero-order valence-electron chi connectivity index (χ0n) is 25.5. The van der Waals surface area contributed by atoms with E-state index in [-0.39, 0.29) is 47.3 Å². The van der Waals surface area contributed by atoms with Crippen LogP contribution in [0.4, 0.5) is 5.69 Å². The lowest BCUT2D eigenvalue weighted by Crippen LogP contribution is -2.32. The summed E-state index contributed by atoms with van der Waals surface area (Å²) in [5.41, 5.74) is 3.92. The molecular formula is C37H31BrCl2N2O5. The Morgan fingerprint density at radius 2 is 1.64 bits per heavy atom. The molecular weight excluding hydrogens is 703 g/mol. The van der Waals surface area contributed by atoms with Crippen LogP contribution in [0.25, 0.3) is 22.2 Å². The number of ether oxygens (including phenoxy) is 1. The smallest absolute Gasteiger partial charge is 0.339 e. The summed E-state index contributed by atoms with van der Waals surface area (Å²) in [6.45, 7) is 2.01. The van der Waals surface area contributed by atoms with Crippen molar-refractivity contribution < 1.29 is 23.9 Å². The highest BCUT2D eigenvalue weighted by Gasteiger charge is 2.61. The number of esters is 1. The van der Waals surface area contributed by atoms with Crippen molar-refractivity contribution in [2.24, 2.45) is 23.7 Å². The number of amides is 2. The molecule has 3 fully saturated rings. The van der Waals surface area contributed by atoms with Gasteiger partial charge >= 0.3 is 5.97 Å². The monoisotopic (exact) mass is 732 g/mol. The predicted molar refractivity (Wildman–Crippen MR) is 185 cm³/mol. The molecule has 2 bridgehead atoms. The molecule has 0 spiro atoms. The summed E-state index contributed by atoms with van der Waals surface area (Å²) in [5, 5.41) is 1.07. The highest BCUT2D eigenvalue weighted by molar-refractivity contribution is 9.10. The van der Waals surface area contributed by atoms with E-state index in [1.807, 2.05) is 31.2 Å². The third-order valence-corrected chi connectivity index (χ3v) is 10.9. The molecule has 47 heavy (non-hydrogen) atoms. The molecule has 2 amide bonds. The van der Waals surface area contributed by atoms with Crippen molar-refractivity contribution in [3.8, 4) is 11.3 Å². The molecule has 5 unspecified atom stereocenters. The second kappa shape index (κ2) is 12.8. The van der Waals surface area contributed by atoms with E-state index in [0.29, 0.717) is 56.7 Å². The van der Waals surface area contributed by atoms with E-state index in [4.69, 9.17) is 32.9 Å². The van der Waals surface area contributed by atoms with Crippen LogP contribution in [0, 0.1) is 23.7 Å². The van der Waals surface area contributed by atoms with Gasteiger partial charge in [-0.25, -0.2) is 9.78 Å². The van der Waals surface area contributed by atoms with E-state index < -0.39 is 12.1 Å². The molecule has 240 valence electrons. The van der Waals surface area contributed by atoms with E-state index in [0.717, 1.165) is 29.3 Å². The summed E-state index contributed by atoms with van der Waals surface area (Å²) in [6.07, 6.45) is 2.72. The lowest BCUT2D eigenvalue weighted by atomic mass is 9.81. The van der Waals surface area contributed by atoms with Crippen molar-refractivity contribution in [2.45, 2.75) is 45.1 Å². The summed E-state index contributed by atoms with van der Waals surface area (Å²) in [6, 6.07) is 19.0. The van der Waals surface area contributed by atoms with Gasteiger partial charge in [-0.1, -0.05) is 46.6 Å². The number of hydrogen-bond donors (Lipinski definition) is 0. The molecule has 2 aliphatic carbocycles. The van der Waals surface area contributed by atoms with Gasteiger partial charge in [-0.15, -0.1) is 11.6 Å². The standard InChI is InChI=1S/C37H31BrCl2N2O5/c1-2-19-16-24(38)17-27-28(37(46)47-30(13-14-39)34(43)21-5-9-25(40)10-6-21)18-29(41-33(19)27)20-7-11-26(12-8-20)42-35(44)31-22-3-4-23(15-22)32(31)36(42)45/h5-12,16-18,22-23,30-32H,2-4,13-15H2,1H3. The van der Waals surface area contributed by atoms with Gasteiger partial charge in [-0.05, 0) is 97.7 Å². The first-order chi connectivity index (χ1) is 22.7. The SMILES string of the molecule is CCc1cc(Br)cc2c(C(=O)OC(CCCl)C(=O)c3ccc(Cl)cc3)cc(-c3ccc(N4C(=O)C5C6CCC(C6)C5C4=O)cc3)nc12. The number of anilines is 1. The molecule has 0 N–H and O–H groups in total. The molecule has 2 saturated carbocycles. The molecule has 3 aliphatic rings. The fourth-order valence-electron chi connectivity index (χ4n) is 7.73. The Kier molecular flexibility index (Phi) is 8.70. The fraction of sp³-hybridized carbons (Fsp3) is 0.324. The van der Waals surface area contributed by atoms with Crippen LogP contribution < -0.4 is 4.90 Å². The van der Waals surface area contributed by atoms with Crippen molar-refractivity contribution in [1.82, 2.24) is 4.98 Å². The van der Waals surface area contributed by atoms with Crippen LogP contribution in [0.1, 0.15) is 58.9 Å². The van der Waals surface area contributed by atoms with Crippen molar-refractivity contribution in [2.75, 3.05) is 10.8 Å². The largest absolute Gasteiger partial charge is 0.450 e. The van der Waals surface area contributed by atoms with Crippen LogP contribution in [-0.4, -0.2) is 40.5 Å². The molecule has 3 aromatic carbocycles. The predicted octanol–water partition coefficient (Wildman–Crippen LogP) is 8.45. The maximum Gasteiger partial charge on any atom is 0.339 e. The third-order valence-electron chi connectivity index (χ3n) is 9.95. The minimum atomic E-state index is -1.10. The number of nitrogens with zero attached hydrogens (tertiary/aromatic N) is 2. The van der Waals surface area contributed by atoms with Gasteiger partial charge in [0, 0.05) is 38.3 Å². The summed E-state index contributed by atoms with van der Waals surface area (Å²) in [5.74, 6) is -0.894. The highest BCUT2D eigenvalue weighted by atomic mass is 79.9. The number of aromatic nitrogens is 1. The van der Waals surface area contributed by atoms with Gasteiger partial charge in [-0.2, -0.15) is 0 Å². The Balaban J connectivity index is 1.23. The number of benzene rings is 3. The second-order valence-electron chi connectivity index (χ2n) is 12.6. The van der Waals surface area contributed by atoms with Crippen LogP contribution in [0.5, 0.6) is 0 Å². The van der Waals surface area contributed by atoms with Gasteiger partial charge in [0.1, 0.15) is 0 Å². The average molecular weight is 734 g/mol. The van der Waals surface area contributed by atoms with E-state index in [1.165, 1.54) is 4.90 Å². The summed E-state index contributed by atoms with van der Waals surface area (Å²) >= 11 is 15.6. The van der Waals surface area contributed by atoms with E-state index in [2.05, 4.69) is 15.9 Å². The minimum absolute atomic E-state index is 0.0911. The number of imide groups is 1. The number of fused-ring (bicyclic) bond motifs is 6. The third kappa shape index (κ3) is 5.68. The molecule has 1 saturated heterocycles. The van der Waals surface area contributed by atoms with Gasteiger partial charge in [0.05, 0.1) is 34.3 Å². The molecule has 0 radical (unpaired) electrons. The number of aryl methyl sites for hydroxylation is 1. The molecule has 7 nitrogen and oxygen atoms in total. The number of alkyl halides is 1. The van der Waals surface area contributed by atoms with Crippen molar-refractivity contribution in [1.29, 1.82) is 0 Å². The highest BCUT2D eigenvalue weighted by Crippen LogP contribution is 2.56. The molecule has 7 rings (SSSR count). The lowest BCUT2D eigenvalue weighted by Gasteiger charge is -2.19. The zero-order valence-corrected chi connectivity index (χ0v) is 28.6. The molecule has 1 aromatic heterocycles. The van der Waals surface area contributed by atoms with E-state index in [9.17, 15) is 19.2 Å². The molecule has 10 heteroatoms. The van der Waals surface area contributed by atoms with Crippen molar-refractivity contribution >= 4 is 79.3 Å². The first kappa shape index (κ1) is 32.0. The van der Waals surface area contributed by atoms with Gasteiger partial charge in [0.2, 0.25) is 17.6 Å². The number of carbonyl (C=O) groups is 4. The maximum atomic E-state index is 13.9. The van der Waals surface area contributed by atoms with Crippen LogP contribution in [0.3, 0.4) is 0 Å². The van der Waals surface area contributed by atoms with Gasteiger partial charge in [0.15, 0.2) is 6.10 Å². The number of carbonyl (C=O) groups excluding carboxylic acids is 4. The lowest BCUT2D eigenvalue weighted by molar-refractivity contribution is -0.123. The van der Waals surface area contributed by atoms with Crippen molar-refractivity contribution in [3.63, 3.8) is 0 Å². The van der Waals surface area contributed by atoms with Crippen LogP contribution in [0.2, 0.25) is 5.02 Å². The first-order valence-electron chi connectivity index (χ1n) is 15.9. The number of rotatable bonds is 9. The number of Topliss-reactive ketones (excluding diaryl/α,β-unsaturated/α-hetero) is 1. The Labute approximate surface area is 290 Å². The summed E-state index contributed by atoms with van der Waals surface area (Å²) < 4.78 is 6.65. The van der Waals surface area contributed by atoms with Crippen LogP contribution in [0.15, 0.2) is 71.2 Å². The normalized spacial score (nSPS) is 22.2. The Bertz CT molecular complexity index is 1900. The number of ketones is 1. The maximum absolute atomic E-state index is 13.9. The van der Waals surface area contributed by atoms with Gasteiger partial charge in [0.25, 0.3) is 0 Å². The molecule has 1 aliphatic heterocycles. The minimum Gasteiger partial charge on any atom is -0.450 e. The Morgan fingerprint density at radius 1 is 0.979 bits per heavy atom. The van der Waals surface area contributed by atoms with E-state index >= 15 is 0 Å². The van der Waals surface area contributed by atoms with Crippen LogP contribution in [-0.2, 0) is 20.7 Å². The zero-order chi connectivity index (χ0) is 33.0. The van der Waals surface area contributed by atoms with Gasteiger partial charge in [-0.3, -0.25) is 19.3 Å². The number of pyridine rings is 1. The fourth-order valence-corrected chi connectivity index (χ4v) is 8.56.